The summed E-state index contributed by atoms with van der Waals surface area (Å²) >= 11 is 0. The summed E-state index contributed by atoms with van der Waals surface area (Å²) < 4.78 is 0. The molecule has 0 aromatic carbocycles. The molecule has 3 aliphatic rings. The fraction of sp³-hybridized carbons (Fsp3) is 0.950. The lowest BCUT2D eigenvalue weighted by Gasteiger charge is -2.37. The van der Waals surface area contributed by atoms with Gasteiger partial charge in [-0.3, -0.25) is 14.6 Å². The summed E-state index contributed by atoms with van der Waals surface area (Å²) in [6.45, 7) is 17.1. The SMILES string of the molecule is CC(C)C(=O)NC1CC2CC1CN2CCCN1CCN(C(C)C)CC1. The molecule has 2 heterocycles. The van der Waals surface area contributed by atoms with Gasteiger partial charge in [0, 0.05) is 56.8 Å². The molecular formula is C20H38N4O. The number of fused-ring (bicyclic) bond motifs is 2. The van der Waals surface area contributed by atoms with E-state index in [9.17, 15) is 4.79 Å². The first-order valence-corrected chi connectivity index (χ1v) is 10.4. The minimum atomic E-state index is 0.103. The van der Waals surface area contributed by atoms with Gasteiger partial charge in [-0.1, -0.05) is 13.8 Å². The molecule has 1 amide bonds. The zero-order valence-electron chi connectivity index (χ0n) is 16.7. The van der Waals surface area contributed by atoms with Gasteiger partial charge in [0.15, 0.2) is 0 Å². The van der Waals surface area contributed by atoms with Crippen LogP contribution in [0.25, 0.3) is 0 Å². The van der Waals surface area contributed by atoms with Crippen LogP contribution in [0.3, 0.4) is 0 Å². The van der Waals surface area contributed by atoms with E-state index in [1.807, 2.05) is 13.8 Å². The molecule has 1 aliphatic carbocycles. The molecule has 1 saturated carbocycles. The Bertz CT molecular complexity index is 445. The van der Waals surface area contributed by atoms with Gasteiger partial charge in [-0.25, -0.2) is 0 Å². The Morgan fingerprint density at radius 3 is 2.32 bits per heavy atom. The van der Waals surface area contributed by atoms with E-state index >= 15 is 0 Å². The first-order valence-electron chi connectivity index (χ1n) is 10.4. The van der Waals surface area contributed by atoms with Crippen LogP contribution in [0.15, 0.2) is 0 Å². The second-order valence-electron chi connectivity index (χ2n) is 8.97. The van der Waals surface area contributed by atoms with E-state index in [1.54, 1.807) is 0 Å². The summed E-state index contributed by atoms with van der Waals surface area (Å²) in [5.41, 5.74) is 0. The number of hydrogen-bond donors (Lipinski definition) is 1. The van der Waals surface area contributed by atoms with E-state index in [2.05, 4.69) is 33.9 Å². The van der Waals surface area contributed by atoms with E-state index in [1.165, 1.54) is 58.7 Å². The van der Waals surface area contributed by atoms with Crippen LogP contribution in [0, 0.1) is 11.8 Å². The second-order valence-corrected chi connectivity index (χ2v) is 8.97. The molecule has 0 aromatic rings. The number of nitrogens with one attached hydrogen (secondary N) is 1. The Labute approximate surface area is 154 Å². The molecule has 5 nitrogen and oxygen atoms in total. The Morgan fingerprint density at radius 1 is 1.04 bits per heavy atom. The van der Waals surface area contributed by atoms with Crippen LogP contribution >= 0.6 is 0 Å². The van der Waals surface area contributed by atoms with Crippen LogP contribution in [0.5, 0.6) is 0 Å². The average Bonchev–Trinajstić information content (AvgIpc) is 3.15. The second kappa shape index (κ2) is 8.36. The van der Waals surface area contributed by atoms with Crippen LogP contribution in [0.1, 0.15) is 47.0 Å². The lowest BCUT2D eigenvalue weighted by molar-refractivity contribution is -0.125. The van der Waals surface area contributed by atoms with Crippen molar-refractivity contribution in [3.63, 3.8) is 0 Å². The van der Waals surface area contributed by atoms with Crippen molar-refractivity contribution in [1.82, 2.24) is 20.0 Å². The van der Waals surface area contributed by atoms with Gasteiger partial charge in [0.25, 0.3) is 0 Å². The maximum absolute atomic E-state index is 11.9. The summed E-state index contributed by atoms with van der Waals surface area (Å²) in [6, 6.07) is 1.83. The lowest BCUT2D eigenvalue weighted by Crippen LogP contribution is -2.49. The Balaban J connectivity index is 1.32. The molecule has 3 atom stereocenters. The predicted molar refractivity (Wildman–Crippen MR) is 103 cm³/mol. The minimum absolute atomic E-state index is 0.103. The number of nitrogens with zero attached hydrogens (tertiary/aromatic N) is 3. The summed E-state index contributed by atoms with van der Waals surface area (Å²) in [5.74, 6) is 1.01. The number of likely N-dealkylation sites (tertiary alicyclic amines) is 1. The van der Waals surface area contributed by atoms with E-state index < -0.39 is 0 Å². The highest BCUT2D eigenvalue weighted by molar-refractivity contribution is 5.78. The zero-order chi connectivity index (χ0) is 18.0. The molecule has 0 spiro atoms. The average molecular weight is 351 g/mol. The molecule has 1 N–H and O–H groups in total. The maximum atomic E-state index is 11.9. The highest BCUT2D eigenvalue weighted by Crippen LogP contribution is 2.37. The summed E-state index contributed by atoms with van der Waals surface area (Å²) in [7, 11) is 0. The third-order valence-corrected chi connectivity index (χ3v) is 6.56. The van der Waals surface area contributed by atoms with E-state index in [4.69, 9.17) is 0 Å². The van der Waals surface area contributed by atoms with E-state index in [0.717, 1.165) is 6.42 Å². The number of carbonyl (C=O) groups is 1. The van der Waals surface area contributed by atoms with Crippen molar-refractivity contribution >= 4 is 5.91 Å². The van der Waals surface area contributed by atoms with Crippen molar-refractivity contribution in [3.8, 4) is 0 Å². The predicted octanol–water partition coefficient (Wildman–Crippen LogP) is 1.64. The fourth-order valence-electron chi connectivity index (χ4n) is 4.85. The van der Waals surface area contributed by atoms with E-state index in [0.29, 0.717) is 24.0 Å². The largest absolute Gasteiger partial charge is 0.353 e. The molecule has 144 valence electrons. The number of piperazine rings is 1. The van der Waals surface area contributed by atoms with E-state index in [-0.39, 0.29) is 11.8 Å². The Morgan fingerprint density at radius 2 is 1.76 bits per heavy atom. The molecule has 3 fully saturated rings. The monoisotopic (exact) mass is 350 g/mol. The summed E-state index contributed by atoms with van der Waals surface area (Å²) in [6.07, 6.45) is 3.74. The van der Waals surface area contributed by atoms with Crippen molar-refractivity contribution in [2.45, 2.75) is 65.1 Å². The molecule has 25 heavy (non-hydrogen) atoms. The summed E-state index contributed by atoms with van der Waals surface area (Å²) in [5, 5.41) is 3.27. The molecule has 2 aliphatic heterocycles. The molecule has 0 aromatic heterocycles. The van der Waals surface area contributed by atoms with Crippen molar-refractivity contribution in [3.05, 3.63) is 0 Å². The van der Waals surface area contributed by atoms with Crippen molar-refractivity contribution in [2.75, 3.05) is 45.8 Å². The highest BCUT2D eigenvalue weighted by Gasteiger charge is 2.44. The van der Waals surface area contributed by atoms with Gasteiger partial charge >= 0.3 is 0 Å². The quantitative estimate of drug-likeness (QED) is 0.758. The number of rotatable bonds is 7. The van der Waals surface area contributed by atoms with Gasteiger partial charge in [0.05, 0.1) is 0 Å². The number of piperidine rings is 1. The van der Waals surface area contributed by atoms with Gasteiger partial charge in [0.2, 0.25) is 5.91 Å². The van der Waals surface area contributed by atoms with Gasteiger partial charge in [-0.2, -0.15) is 0 Å². The first-order chi connectivity index (χ1) is 11.9. The molecule has 5 heteroatoms. The normalized spacial score (nSPS) is 31.4. The summed E-state index contributed by atoms with van der Waals surface area (Å²) in [4.78, 5) is 19.8. The van der Waals surface area contributed by atoms with Crippen LogP contribution in [-0.4, -0.2) is 84.5 Å². The molecule has 3 rings (SSSR count). The molecule has 0 radical (unpaired) electrons. The van der Waals surface area contributed by atoms with Gasteiger partial charge < -0.3 is 10.2 Å². The molecule has 2 saturated heterocycles. The number of carbonyl (C=O) groups excluding carboxylic acids is 1. The first kappa shape index (κ1) is 19.1. The van der Waals surface area contributed by atoms with Crippen LogP contribution in [-0.2, 0) is 4.79 Å². The molecular weight excluding hydrogens is 312 g/mol. The van der Waals surface area contributed by atoms with Crippen molar-refractivity contribution in [2.24, 2.45) is 11.8 Å². The maximum Gasteiger partial charge on any atom is 0.222 e. The third-order valence-electron chi connectivity index (χ3n) is 6.56. The van der Waals surface area contributed by atoms with Gasteiger partial charge in [-0.15, -0.1) is 0 Å². The number of amides is 1. The fourth-order valence-corrected chi connectivity index (χ4v) is 4.85. The Hall–Kier alpha value is -0.650. The van der Waals surface area contributed by atoms with Gasteiger partial charge in [-0.05, 0) is 52.1 Å². The third kappa shape index (κ3) is 4.75. The zero-order valence-corrected chi connectivity index (χ0v) is 16.7. The minimum Gasteiger partial charge on any atom is -0.353 e. The standard InChI is InChI=1S/C20H38N4O/c1-15(2)20(25)21-19-13-18-12-17(19)14-24(18)7-5-6-22-8-10-23(11-9-22)16(3)4/h15-19H,5-14H2,1-4H3,(H,21,25). The highest BCUT2D eigenvalue weighted by atomic mass is 16.1. The molecule has 2 bridgehead atoms. The topological polar surface area (TPSA) is 38.8 Å². The molecule has 3 unspecified atom stereocenters. The van der Waals surface area contributed by atoms with Crippen LogP contribution in [0.4, 0.5) is 0 Å². The smallest absolute Gasteiger partial charge is 0.222 e. The van der Waals surface area contributed by atoms with Crippen LogP contribution < -0.4 is 5.32 Å². The van der Waals surface area contributed by atoms with Crippen LogP contribution in [0.2, 0.25) is 0 Å². The lowest BCUT2D eigenvalue weighted by atomic mass is 10.0. The van der Waals surface area contributed by atoms with Gasteiger partial charge in [0.1, 0.15) is 0 Å². The number of hydrogen-bond acceptors (Lipinski definition) is 4. The van der Waals surface area contributed by atoms with Crippen molar-refractivity contribution < 1.29 is 4.79 Å². The Kier molecular flexibility index (Phi) is 6.39. The van der Waals surface area contributed by atoms with Crippen molar-refractivity contribution in [1.29, 1.82) is 0 Å².